The molecule has 1 aliphatic heterocycles. The van der Waals surface area contributed by atoms with Crippen molar-refractivity contribution in [2.24, 2.45) is 0 Å². The number of carbonyl (C=O) groups is 4. The Bertz CT molecular complexity index is 2600. The van der Waals surface area contributed by atoms with Crippen molar-refractivity contribution in [3.8, 4) is 23.0 Å². The predicted octanol–water partition coefficient (Wildman–Crippen LogP) is 7.28. The van der Waals surface area contributed by atoms with Gasteiger partial charge in [-0.15, -0.1) is 0 Å². The highest BCUT2D eigenvalue weighted by atomic mass is 32.2. The molecule has 0 aliphatic carbocycles. The van der Waals surface area contributed by atoms with Crippen LogP contribution in [0.1, 0.15) is 43.6 Å². The predicted molar refractivity (Wildman–Crippen MR) is 233 cm³/mol. The standard InChI is InChI=1S/C42H45N7O9S2/c1-24(49-18-19-59-40(52)39(49)51)44-38(50)30-13-12-26(22-35(30)56-5)45-36-23-27(16-17-43-36)58-34-15-14-31(28-10-8-9-11-29(28)34)46-41(53)47-32-20-25(42(2,3)4)21-33(37(32)57-6)48-60(7,54)55/h8-17,20-24,48H,18-19H2,1-7H3,(H,43,45)(H,44,50)(H2,46,47,53). The van der Waals surface area contributed by atoms with Gasteiger partial charge in [0, 0.05) is 47.1 Å². The van der Waals surface area contributed by atoms with Crippen molar-refractivity contribution in [2.45, 2.75) is 39.3 Å². The van der Waals surface area contributed by atoms with E-state index in [-0.39, 0.29) is 33.9 Å². The van der Waals surface area contributed by atoms with Crippen LogP contribution in [0.4, 0.5) is 33.4 Å². The molecule has 60 heavy (non-hydrogen) atoms. The van der Waals surface area contributed by atoms with Gasteiger partial charge in [0.25, 0.3) is 11.0 Å². The molecule has 1 aromatic heterocycles. The maximum atomic E-state index is 13.5. The minimum absolute atomic E-state index is 0.153. The van der Waals surface area contributed by atoms with Crippen LogP contribution in [0.2, 0.25) is 0 Å². The number of aromatic nitrogens is 1. The molecule has 1 atom stereocenters. The van der Waals surface area contributed by atoms with Crippen molar-refractivity contribution in [1.29, 1.82) is 0 Å². The van der Waals surface area contributed by atoms with E-state index in [4.69, 9.17) is 14.2 Å². The summed E-state index contributed by atoms with van der Waals surface area (Å²) < 4.78 is 44.2. The summed E-state index contributed by atoms with van der Waals surface area (Å²) >= 11 is 0.964. The number of urea groups is 1. The molecule has 5 N–H and O–H groups in total. The first-order valence-electron chi connectivity index (χ1n) is 18.6. The Morgan fingerprint density at radius 3 is 2.28 bits per heavy atom. The number of ether oxygens (including phenoxy) is 3. The maximum Gasteiger partial charge on any atom is 0.323 e. The minimum atomic E-state index is -3.66. The summed E-state index contributed by atoms with van der Waals surface area (Å²) in [5, 5.41) is 12.5. The van der Waals surface area contributed by atoms with Gasteiger partial charge in [-0.1, -0.05) is 56.8 Å². The van der Waals surface area contributed by atoms with Crippen molar-refractivity contribution in [1.82, 2.24) is 15.2 Å². The Hall–Kier alpha value is -6.53. The lowest BCUT2D eigenvalue weighted by Gasteiger charge is -2.31. The van der Waals surface area contributed by atoms with Crippen LogP contribution in [0.25, 0.3) is 10.8 Å². The molecule has 18 heteroatoms. The van der Waals surface area contributed by atoms with E-state index in [0.717, 1.165) is 23.6 Å². The number of carbonyl (C=O) groups excluding carboxylic acids is 4. The summed E-state index contributed by atoms with van der Waals surface area (Å²) in [7, 11) is -0.828. The number of nitrogens with zero attached hydrogens (tertiary/aromatic N) is 2. The van der Waals surface area contributed by atoms with Crippen LogP contribution in [0, 0.1) is 0 Å². The molecule has 1 aliphatic rings. The molecule has 314 valence electrons. The van der Waals surface area contributed by atoms with Gasteiger partial charge in [-0.05, 0) is 60.4 Å². The molecule has 1 fully saturated rings. The van der Waals surface area contributed by atoms with Gasteiger partial charge in [-0.3, -0.25) is 19.1 Å². The molecule has 0 saturated carbocycles. The first-order valence-corrected chi connectivity index (χ1v) is 21.5. The molecule has 6 rings (SSSR count). The summed E-state index contributed by atoms with van der Waals surface area (Å²) in [4.78, 5) is 56.6. The molecule has 0 radical (unpaired) electrons. The molecule has 4 aromatic carbocycles. The molecule has 2 heterocycles. The second kappa shape index (κ2) is 17.8. The van der Waals surface area contributed by atoms with Crippen LogP contribution in [0.5, 0.6) is 23.0 Å². The molecule has 1 unspecified atom stereocenters. The monoisotopic (exact) mass is 855 g/mol. The molecular weight excluding hydrogens is 811 g/mol. The normalized spacial score (nSPS) is 13.6. The average molecular weight is 856 g/mol. The van der Waals surface area contributed by atoms with Crippen molar-refractivity contribution in [3.63, 3.8) is 0 Å². The van der Waals surface area contributed by atoms with Crippen LogP contribution in [0.3, 0.4) is 0 Å². The fraction of sp³-hybridized carbons (Fsp3) is 0.262. The molecule has 1 saturated heterocycles. The number of amides is 4. The second-order valence-corrected chi connectivity index (χ2v) is 17.6. The number of hydrogen-bond acceptors (Lipinski definition) is 12. The van der Waals surface area contributed by atoms with Crippen LogP contribution < -0.4 is 40.2 Å². The van der Waals surface area contributed by atoms with E-state index in [0.29, 0.717) is 51.8 Å². The van der Waals surface area contributed by atoms with Gasteiger partial charge in [0.2, 0.25) is 10.0 Å². The van der Waals surface area contributed by atoms with Crippen molar-refractivity contribution in [2.75, 3.05) is 53.4 Å². The first-order chi connectivity index (χ1) is 28.4. The van der Waals surface area contributed by atoms with Crippen molar-refractivity contribution >= 4 is 84.1 Å². The Kier molecular flexibility index (Phi) is 12.7. The van der Waals surface area contributed by atoms with Crippen LogP contribution >= 0.6 is 11.8 Å². The summed E-state index contributed by atoms with van der Waals surface area (Å²) in [6.07, 6.45) is 1.91. The van der Waals surface area contributed by atoms with Gasteiger partial charge < -0.3 is 40.4 Å². The number of methoxy groups -OCH3 is 2. The Morgan fingerprint density at radius 1 is 0.867 bits per heavy atom. The zero-order valence-corrected chi connectivity index (χ0v) is 35.6. The number of pyridine rings is 1. The number of hydrogen-bond donors (Lipinski definition) is 5. The van der Waals surface area contributed by atoms with Gasteiger partial charge in [0.15, 0.2) is 5.75 Å². The molecule has 0 spiro atoms. The fourth-order valence-corrected chi connectivity index (χ4v) is 7.67. The quantitative estimate of drug-likeness (QED) is 0.0741. The zero-order valence-electron chi connectivity index (χ0n) is 34.0. The lowest BCUT2D eigenvalue weighted by Crippen LogP contribution is -2.53. The topological polar surface area (TPSA) is 206 Å². The van der Waals surface area contributed by atoms with E-state index >= 15 is 0 Å². The largest absolute Gasteiger partial charge is 0.496 e. The lowest BCUT2D eigenvalue weighted by atomic mass is 9.86. The SMILES string of the molecule is COc1cc(Nc2cc(Oc3ccc(NC(=O)Nc4cc(C(C)(C)C)cc(NS(C)(=O)=O)c4OC)c4ccccc34)ccn2)ccc1C(=O)NC(C)N1CCSC(=O)C1=O. The van der Waals surface area contributed by atoms with E-state index < -0.39 is 39.1 Å². The highest BCUT2D eigenvalue weighted by Gasteiger charge is 2.32. The Morgan fingerprint density at radius 2 is 1.58 bits per heavy atom. The molecule has 0 bridgehead atoms. The maximum absolute atomic E-state index is 13.5. The van der Waals surface area contributed by atoms with E-state index in [1.165, 1.54) is 19.1 Å². The molecule has 5 aromatic rings. The van der Waals surface area contributed by atoms with Gasteiger partial charge >= 0.3 is 11.9 Å². The number of nitrogens with one attached hydrogen (secondary N) is 5. The Labute approximate surface area is 351 Å². The second-order valence-electron chi connectivity index (χ2n) is 14.8. The van der Waals surface area contributed by atoms with E-state index in [9.17, 15) is 27.6 Å². The molecule has 4 amide bonds. The third kappa shape index (κ3) is 10.2. The number of fused-ring (bicyclic) bond motifs is 1. The Balaban J connectivity index is 1.17. The van der Waals surface area contributed by atoms with Gasteiger partial charge in [0.1, 0.15) is 29.2 Å². The molecule has 16 nitrogen and oxygen atoms in total. The zero-order chi connectivity index (χ0) is 43.4. The molecular formula is C42H45N7O9S2. The minimum Gasteiger partial charge on any atom is -0.496 e. The summed E-state index contributed by atoms with van der Waals surface area (Å²) in [5.74, 6) is 1.16. The summed E-state index contributed by atoms with van der Waals surface area (Å²) in [5.41, 5.74) is 2.14. The first kappa shape index (κ1) is 43.1. The van der Waals surface area contributed by atoms with E-state index in [1.54, 1.807) is 67.7 Å². The number of anilines is 5. The smallest absolute Gasteiger partial charge is 0.323 e. The third-order valence-electron chi connectivity index (χ3n) is 9.32. The summed E-state index contributed by atoms with van der Waals surface area (Å²) in [6.45, 7) is 7.89. The van der Waals surface area contributed by atoms with Crippen molar-refractivity contribution in [3.05, 3.63) is 96.2 Å². The van der Waals surface area contributed by atoms with Gasteiger partial charge in [0.05, 0.1) is 43.1 Å². The highest BCUT2D eigenvalue weighted by Crippen LogP contribution is 2.40. The third-order valence-corrected chi connectivity index (χ3v) is 10.7. The number of thioether (sulfide) groups is 1. The van der Waals surface area contributed by atoms with Crippen LogP contribution in [-0.2, 0) is 25.0 Å². The number of rotatable bonds is 13. The lowest BCUT2D eigenvalue weighted by molar-refractivity contribution is -0.142. The van der Waals surface area contributed by atoms with E-state index in [1.807, 2.05) is 45.0 Å². The van der Waals surface area contributed by atoms with Gasteiger partial charge in [-0.2, -0.15) is 0 Å². The van der Waals surface area contributed by atoms with Crippen LogP contribution in [0.15, 0.2) is 85.1 Å². The fourth-order valence-electron chi connectivity index (χ4n) is 6.40. The van der Waals surface area contributed by atoms with Gasteiger partial charge in [-0.25, -0.2) is 18.2 Å². The van der Waals surface area contributed by atoms with Crippen molar-refractivity contribution < 1.29 is 41.8 Å². The van der Waals surface area contributed by atoms with Crippen LogP contribution in [-0.4, -0.2) is 80.2 Å². The number of benzene rings is 4. The highest BCUT2D eigenvalue weighted by molar-refractivity contribution is 8.15. The number of sulfonamides is 1. The summed E-state index contributed by atoms with van der Waals surface area (Å²) in [6, 6.07) is 22.0. The average Bonchev–Trinajstić information content (AvgIpc) is 3.18. The van der Waals surface area contributed by atoms with E-state index in [2.05, 4.69) is 31.0 Å².